The summed E-state index contributed by atoms with van der Waals surface area (Å²) in [5.74, 6) is 0.481. The number of pyridine rings is 1. The van der Waals surface area contributed by atoms with Crippen LogP contribution in [-0.4, -0.2) is 24.4 Å². The third-order valence-corrected chi connectivity index (χ3v) is 2.94. The molecule has 119 valence electrons. The van der Waals surface area contributed by atoms with Crippen molar-refractivity contribution in [2.75, 3.05) is 13.7 Å². The molecule has 0 aromatic carbocycles. The monoisotopic (exact) mass is 534 g/mol. The van der Waals surface area contributed by atoms with E-state index in [4.69, 9.17) is 4.74 Å². The summed E-state index contributed by atoms with van der Waals surface area (Å²) >= 11 is 0. The van der Waals surface area contributed by atoms with Gasteiger partial charge in [-0.1, -0.05) is 0 Å². The molecule has 1 saturated carbocycles. The maximum Gasteiger partial charge on any atom is 0.417 e. The van der Waals surface area contributed by atoms with Crippen LogP contribution in [0.2, 0.25) is 0 Å². The molecule has 2 rings (SSSR count). The van der Waals surface area contributed by atoms with Gasteiger partial charge in [-0.05, 0) is 30.9 Å². The topological polar surface area (TPSA) is 34.5 Å². The minimum absolute atomic E-state index is 0. The first-order chi connectivity index (χ1) is 9.00. The fraction of sp³-hybridized carbons (Fsp3) is 0.538. The van der Waals surface area contributed by atoms with Gasteiger partial charge in [0.15, 0.2) is 0 Å². The second-order valence-corrected chi connectivity index (χ2v) is 4.55. The molecule has 0 N–H and O–H groups in total. The summed E-state index contributed by atoms with van der Waals surface area (Å²) in [5.41, 5.74) is 0.769. The molecule has 0 bridgehead atoms. The van der Waals surface area contributed by atoms with Crippen LogP contribution in [0.3, 0.4) is 0 Å². The van der Waals surface area contributed by atoms with Crippen LogP contribution >= 0.6 is 0 Å². The third kappa shape index (κ3) is 4.05. The van der Waals surface area contributed by atoms with Gasteiger partial charge in [-0.15, -0.1) is 0 Å². The third-order valence-electron chi connectivity index (χ3n) is 2.94. The molecular formula is C13H15F3LrN2O. The predicted molar refractivity (Wildman–Crippen MR) is 65.0 cm³/mol. The number of hydrogen-bond acceptors (Lipinski definition) is 3. The van der Waals surface area contributed by atoms with E-state index in [0.717, 1.165) is 30.8 Å². The number of aromatic nitrogens is 1. The minimum Gasteiger partial charge on any atom is -0.379 e. The molecule has 1 heterocycles. The van der Waals surface area contributed by atoms with Gasteiger partial charge in [0.05, 0.1) is 24.4 Å². The van der Waals surface area contributed by atoms with Gasteiger partial charge in [0.1, 0.15) is 0 Å². The summed E-state index contributed by atoms with van der Waals surface area (Å²) in [4.78, 5) is 8.17. The standard InChI is InChI=1S/C13H15F3N2O.Lr/c1-19-8-12(9-2-3-9)18-7-11-5-4-10(6-17-11)13(14,15)16;/h4-6,9H,2-3,7-8H2,1H3;. The van der Waals surface area contributed by atoms with Crippen LogP contribution < -0.4 is 0 Å². The zero-order valence-electron chi connectivity index (χ0n) is 10.8. The molecule has 0 atom stereocenters. The Morgan fingerprint density at radius 1 is 1.40 bits per heavy atom. The van der Waals surface area contributed by atoms with Crippen LogP contribution in [0.25, 0.3) is 0 Å². The molecule has 1 aliphatic rings. The number of alkyl halides is 3. The largest absolute Gasteiger partial charge is 0.417 e. The number of methoxy groups -OCH3 is 1. The number of ether oxygens (including phenoxy) is 1. The summed E-state index contributed by atoms with van der Waals surface area (Å²) in [6.07, 6.45) is -1.27. The Morgan fingerprint density at radius 2 is 2.10 bits per heavy atom. The Morgan fingerprint density at radius 3 is 2.55 bits per heavy atom. The van der Waals surface area contributed by atoms with Crippen molar-refractivity contribution in [2.45, 2.75) is 25.6 Å². The summed E-state index contributed by atoms with van der Waals surface area (Å²) < 4.78 is 42.1. The Bertz CT molecular complexity index is 456. The normalized spacial score (nSPS) is 15.9. The number of hydrogen-bond donors (Lipinski definition) is 0. The first-order valence-electron chi connectivity index (χ1n) is 6.05. The van der Waals surface area contributed by atoms with Crippen LogP contribution in [0.1, 0.15) is 24.1 Å². The summed E-state index contributed by atoms with van der Waals surface area (Å²) in [6, 6.07) is 2.40. The molecule has 0 spiro atoms. The van der Waals surface area contributed by atoms with Crippen molar-refractivity contribution in [1.29, 1.82) is 0 Å². The smallest absolute Gasteiger partial charge is 0.379 e. The van der Waals surface area contributed by atoms with E-state index in [1.54, 1.807) is 7.11 Å². The molecule has 1 fully saturated rings. The van der Waals surface area contributed by atoms with E-state index in [-0.39, 0.29) is 0 Å². The Labute approximate surface area is 109 Å². The Hall–Kier alpha value is -2.43. The van der Waals surface area contributed by atoms with Gasteiger partial charge in [-0.2, -0.15) is 13.2 Å². The van der Waals surface area contributed by atoms with Crippen molar-refractivity contribution >= 4 is 5.71 Å². The van der Waals surface area contributed by atoms with Crippen molar-refractivity contribution in [3.63, 3.8) is 0 Å². The van der Waals surface area contributed by atoms with E-state index in [0.29, 0.717) is 24.8 Å². The van der Waals surface area contributed by atoms with E-state index in [1.165, 1.54) is 6.07 Å². The van der Waals surface area contributed by atoms with Crippen LogP contribution in [0.15, 0.2) is 23.3 Å². The molecule has 3 nitrogen and oxygen atoms in total. The molecule has 0 unspecified atom stereocenters. The second-order valence-electron chi connectivity index (χ2n) is 4.55. The van der Waals surface area contributed by atoms with Gasteiger partial charge < -0.3 is 4.74 Å². The number of halogens is 3. The van der Waals surface area contributed by atoms with Crippen molar-refractivity contribution in [2.24, 2.45) is 10.9 Å². The van der Waals surface area contributed by atoms with E-state index < -0.39 is 11.7 Å². The van der Waals surface area contributed by atoms with Crippen LogP contribution in [0.4, 0.5) is 13.2 Å². The maximum atomic E-state index is 12.4. The first kappa shape index (κ1) is 15.6. The van der Waals surface area contributed by atoms with Gasteiger partial charge in [-0.25, -0.2) is 0 Å². The molecule has 1 aliphatic carbocycles. The molecule has 0 amide bonds. The van der Waals surface area contributed by atoms with Gasteiger partial charge in [0.25, 0.3) is 0 Å². The van der Waals surface area contributed by atoms with E-state index in [2.05, 4.69) is 9.98 Å². The van der Waals surface area contributed by atoms with Crippen molar-refractivity contribution in [3.05, 3.63) is 29.6 Å². The first-order valence-corrected chi connectivity index (χ1v) is 6.05. The van der Waals surface area contributed by atoms with Crippen molar-refractivity contribution in [1.82, 2.24) is 4.98 Å². The van der Waals surface area contributed by atoms with E-state index in [9.17, 15) is 13.2 Å². The SMILES string of the molecule is COCC(=NCc1ccc(C(F)(F)F)cn1)C1CC1.[Lr]. The molecule has 7 heteroatoms. The summed E-state index contributed by atoms with van der Waals surface area (Å²) in [7, 11) is 1.61. The van der Waals surface area contributed by atoms with Gasteiger partial charge in [0.2, 0.25) is 0 Å². The zero-order valence-corrected chi connectivity index (χ0v) is 13.0. The van der Waals surface area contributed by atoms with Crippen molar-refractivity contribution in [3.8, 4) is 0 Å². The molecule has 0 aliphatic heterocycles. The quantitative estimate of drug-likeness (QED) is 0.545. The van der Waals surface area contributed by atoms with Crippen molar-refractivity contribution < 1.29 is 17.9 Å². The Kier molecular flexibility index (Phi) is 4.80. The van der Waals surface area contributed by atoms with Crippen LogP contribution in [0.5, 0.6) is 0 Å². The molecule has 20 heavy (non-hydrogen) atoms. The molecule has 1 aromatic rings. The minimum atomic E-state index is -4.34. The molecule has 1 aromatic heterocycles. The number of aliphatic imine (C=N–C) groups is 1. The second kappa shape index (κ2) is 6.14. The maximum absolute atomic E-state index is 12.4. The molecule has 1 radical (unpaired) electrons. The average Bonchev–Trinajstić information content (AvgIpc) is 3.18. The molecule has 0 saturated heterocycles. The van der Waals surface area contributed by atoms with E-state index in [1.807, 2.05) is 0 Å². The average molecular weight is 534 g/mol. The van der Waals surface area contributed by atoms with Gasteiger partial charge in [-0.3, -0.25) is 9.98 Å². The fourth-order valence-electron chi connectivity index (χ4n) is 1.73. The van der Waals surface area contributed by atoms with E-state index >= 15 is 0 Å². The summed E-state index contributed by atoms with van der Waals surface area (Å²) in [5, 5.41) is 0. The van der Waals surface area contributed by atoms with Gasteiger partial charge in [0, 0.05) is 19.0 Å². The number of rotatable bonds is 5. The van der Waals surface area contributed by atoms with Crippen LogP contribution in [0, 0.1) is 5.92 Å². The predicted octanol–water partition coefficient (Wildman–Crippen LogP) is 3.10. The Balaban J connectivity index is 0.00000200. The van der Waals surface area contributed by atoms with Crippen LogP contribution in [-0.2, 0) is 17.5 Å². The molecular weight excluding hydrogens is 519 g/mol. The number of nitrogens with zero attached hydrogens (tertiary/aromatic N) is 2. The fourth-order valence-corrected chi connectivity index (χ4v) is 1.73. The zero-order chi connectivity index (χ0) is 13.9. The van der Waals surface area contributed by atoms with Gasteiger partial charge >= 0.3 is 6.18 Å². The summed E-state index contributed by atoms with van der Waals surface area (Å²) in [6.45, 7) is 0.776.